The molecular formula is C11H11Br2N3O. The number of benzene rings is 1. The summed E-state index contributed by atoms with van der Waals surface area (Å²) >= 11 is 6.86. The summed E-state index contributed by atoms with van der Waals surface area (Å²) in [5, 5.41) is 6.98. The molecule has 2 aromatic rings. The van der Waals surface area contributed by atoms with Crippen molar-refractivity contribution >= 4 is 31.9 Å². The maximum Gasteiger partial charge on any atom is 0.257 e. The van der Waals surface area contributed by atoms with Crippen molar-refractivity contribution in [1.29, 1.82) is 0 Å². The van der Waals surface area contributed by atoms with Gasteiger partial charge in [-0.2, -0.15) is 4.98 Å². The van der Waals surface area contributed by atoms with Crippen molar-refractivity contribution in [3.63, 3.8) is 0 Å². The molecule has 0 amide bonds. The standard InChI is InChI=1S/C11H11Br2N3O/c1-14-3-2-10-15-11(17-16-10)7-4-8(12)6-9(13)5-7/h4-6,14H,2-3H2,1H3. The van der Waals surface area contributed by atoms with Gasteiger partial charge in [0.25, 0.3) is 5.89 Å². The van der Waals surface area contributed by atoms with Gasteiger partial charge in [-0.3, -0.25) is 0 Å². The van der Waals surface area contributed by atoms with Gasteiger partial charge >= 0.3 is 0 Å². The molecule has 0 atom stereocenters. The lowest BCUT2D eigenvalue weighted by molar-refractivity contribution is 0.422. The molecule has 0 bridgehead atoms. The van der Waals surface area contributed by atoms with E-state index in [1.54, 1.807) is 0 Å². The summed E-state index contributed by atoms with van der Waals surface area (Å²) in [4.78, 5) is 4.34. The van der Waals surface area contributed by atoms with E-state index in [1.165, 1.54) is 0 Å². The molecule has 17 heavy (non-hydrogen) atoms. The van der Waals surface area contributed by atoms with Crippen molar-refractivity contribution in [3.8, 4) is 11.5 Å². The second-order valence-electron chi connectivity index (χ2n) is 3.53. The predicted octanol–water partition coefficient (Wildman–Crippen LogP) is 3.02. The van der Waals surface area contributed by atoms with E-state index in [-0.39, 0.29) is 0 Å². The van der Waals surface area contributed by atoms with E-state index in [4.69, 9.17) is 4.52 Å². The molecule has 0 aliphatic carbocycles. The van der Waals surface area contributed by atoms with Crippen molar-refractivity contribution in [2.75, 3.05) is 13.6 Å². The van der Waals surface area contributed by atoms with Gasteiger partial charge in [0.15, 0.2) is 5.82 Å². The van der Waals surface area contributed by atoms with Gasteiger partial charge in [-0.15, -0.1) is 0 Å². The minimum absolute atomic E-state index is 0.540. The van der Waals surface area contributed by atoms with E-state index >= 15 is 0 Å². The summed E-state index contributed by atoms with van der Waals surface area (Å²) in [6.07, 6.45) is 0.759. The van der Waals surface area contributed by atoms with Crippen LogP contribution in [-0.2, 0) is 6.42 Å². The molecule has 1 heterocycles. The second kappa shape index (κ2) is 5.75. The van der Waals surface area contributed by atoms with Crippen molar-refractivity contribution in [3.05, 3.63) is 33.0 Å². The fourth-order valence-corrected chi connectivity index (χ4v) is 2.68. The third-order valence-electron chi connectivity index (χ3n) is 2.18. The molecule has 4 nitrogen and oxygen atoms in total. The molecule has 1 N–H and O–H groups in total. The van der Waals surface area contributed by atoms with Crippen LogP contribution in [0.1, 0.15) is 5.82 Å². The summed E-state index contributed by atoms with van der Waals surface area (Å²) < 4.78 is 7.17. The number of nitrogens with zero attached hydrogens (tertiary/aromatic N) is 2. The molecule has 90 valence electrons. The van der Waals surface area contributed by atoms with Crippen LogP contribution in [0.15, 0.2) is 31.7 Å². The number of halogens is 2. The van der Waals surface area contributed by atoms with Gasteiger partial charge in [-0.05, 0) is 25.2 Å². The number of nitrogens with one attached hydrogen (secondary N) is 1. The maximum atomic E-state index is 5.23. The third-order valence-corrected chi connectivity index (χ3v) is 3.09. The van der Waals surface area contributed by atoms with Gasteiger partial charge in [0.05, 0.1) is 0 Å². The van der Waals surface area contributed by atoms with Crippen LogP contribution in [0.25, 0.3) is 11.5 Å². The first kappa shape index (κ1) is 12.7. The molecule has 0 spiro atoms. The summed E-state index contributed by atoms with van der Waals surface area (Å²) in [6, 6.07) is 5.85. The first-order valence-electron chi connectivity index (χ1n) is 5.12. The summed E-state index contributed by atoms with van der Waals surface area (Å²) in [5.41, 5.74) is 0.898. The topological polar surface area (TPSA) is 51.0 Å². The van der Waals surface area contributed by atoms with Gasteiger partial charge in [-0.1, -0.05) is 37.0 Å². The van der Waals surface area contributed by atoms with Crippen LogP contribution in [0, 0.1) is 0 Å². The molecule has 0 radical (unpaired) electrons. The first-order chi connectivity index (χ1) is 8.19. The maximum absolute atomic E-state index is 5.23. The molecule has 0 aliphatic heterocycles. The number of aromatic nitrogens is 2. The monoisotopic (exact) mass is 359 g/mol. The van der Waals surface area contributed by atoms with Crippen molar-refractivity contribution in [2.24, 2.45) is 0 Å². The van der Waals surface area contributed by atoms with Gasteiger partial charge in [-0.25, -0.2) is 0 Å². The van der Waals surface area contributed by atoms with Crippen LogP contribution in [-0.4, -0.2) is 23.7 Å². The van der Waals surface area contributed by atoms with E-state index < -0.39 is 0 Å². The zero-order chi connectivity index (χ0) is 12.3. The second-order valence-corrected chi connectivity index (χ2v) is 5.36. The average molecular weight is 361 g/mol. The zero-order valence-corrected chi connectivity index (χ0v) is 12.4. The number of likely N-dealkylation sites (N-methyl/N-ethyl adjacent to an activating group) is 1. The zero-order valence-electron chi connectivity index (χ0n) is 9.20. The molecule has 0 aliphatic rings. The Balaban J connectivity index is 2.24. The van der Waals surface area contributed by atoms with Crippen LogP contribution in [0.2, 0.25) is 0 Å². The van der Waals surface area contributed by atoms with E-state index in [9.17, 15) is 0 Å². The van der Waals surface area contributed by atoms with Gasteiger partial charge < -0.3 is 9.84 Å². The quantitative estimate of drug-likeness (QED) is 0.910. The van der Waals surface area contributed by atoms with Gasteiger partial charge in [0, 0.05) is 27.5 Å². The van der Waals surface area contributed by atoms with Crippen LogP contribution >= 0.6 is 31.9 Å². The van der Waals surface area contributed by atoms with Crippen LogP contribution < -0.4 is 5.32 Å². The van der Waals surface area contributed by atoms with Gasteiger partial charge in [0.2, 0.25) is 0 Å². The van der Waals surface area contributed by atoms with E-state index in [1.807, 2.05) is 25.2 Å². The molecule has 2 rings (SSSR count). The lowest BCUT2D eigenvalue weighted by Crippen LogP contribution is -2.10. The smallest absolute Gasteiger partial charge is 0.257 e. The molecule has 6 heteroatoms. The number of hydrogen-bond acceptors (Lipinski definition) is 4. The number of hydrogen-bond donors (Lipinski definition) is 1. The lowest BCUT2D eigenvalue weighted by atomic mass is 10.2. The highest BCUT2D eigenvalue weighted by molar-refractivity contribution is 9.11. The Morgan fingerprint density at radius 1 is 1.24 bits per heavy atom. The average Bonchev–Trinajstić information content (AvgIpc) is 2.73. The molecular weight excluding hydrogens is 350 g/mol. The summed E-state index contributed by atoms with van der Waals surface area (Å²) in [6.45, 7) is 0.834. The summed E-state index contributed by atoms with van der Waals surface area (Å²) in [5.74, 6) is 1.25. The third kappa shape index (κ3) is 3.37. The van der Waals surface area contributed by atoms with E-state index in [2.05, 4.69) is 47.3 Å². The van der Waals surface area contributed by atoms with Gasteiger partial charge in [0.1, 0.15) is 0 Å². The highest BCUT2D eigenvalue weighted by Crippen LogP contribution is 2.26. The van der Waals surface area contributed by atoms with Crippen LogP contribution in [0.3, 0.4) is 0 Å². The fraction of sp³-hybridized carbons (Fsp3) is 0.273. The summed E-state index contributed by atoms with van der Waals surface area (Å²) in [7, 11) is 1.90. The highest BCUT2D eigenvalue weighted by Gasteiger charge is 2.09. The Hall–Kier alpha value is -0.720. The van der Waals surface area contributed by atoms with Crippen molar-refractivity contribution in [1.82, 2.24) is 15.5 Å². The van der Waals surface area contributed by atoms with E-state index in [0.717, 1.165) is 27.5 Å². The molecule has 0 unspecified atom stereocenters. The number of rotatable bonds is 4. The fourth-order valence-electron chi connectivity index (χ4n) is 1.39. The Kier molecular flexibility index (Phi) is 4.31. The molecule has 0 fully saturated rings. The minimum Gasteiger partial charge on any atom is -0.334 e. The van der Waals surface area contributed by atoms with Crippen molar-refractivity contribution in [2.45, 2.75) is 6.42 Å². The lowest BCUT2D eigenvalue weighted by Gasteiger charge is -1.97. The predicted molar refractivity (Wildman–Crippen MR) is 72.8 cm³/mol. The first-order valence-corrected chi connectivity index (χ1v) is 6.71. The molecule has 0 saturated heterocycles. The van der Waals surface area contributed by atoms with E-state index in [0.29, 0.717) is 11.7 Å². The molecule has 0 saturated carbocycles. The molecule has 1 aromatic carbocycles. The Bertz CT molecular complexity index is 493. The largest absolute Gasteiger partial charge is 0.334 e. The Labute approximate surface area is 116 Å². The van der Waals surface area contributed by atoms with Crippen LogP contribution in [0.4, 0.5) is 0 Å². The van der Waals surface area contributed by atoms with Crippen LogP contribution in [0.5, 0.6) is 0 Å². The normalized spacial score (nSPS) is 10.8. The highest BCUT2D eigenvalue weighted by atomic mass is 79.9. The SMILES string of the molecule is CNCCc1noc(-c2cc(Br)cc(Br)c2)n1. The van der Waals surface area contributed by atoms with Crippen molar-refractivity contribution < 1.29 is 4.52 Å². The minimum atomic E-state index is 0.540. The molecule has 1 aromatic heterocycles. The Morgan fingerprint density at radius 2 is 1.94 bits per heavy atom. The Morgan fingerprint density at radius 3 is 2.59 bits per heavy atom.